The van der Waals surface area contributed by atoms with Crippen molar-refractivity contribution >= 4 is 34.6 Å². The van der Waals surface area contributed by atoms with Gasteiger partial charge < -0.3 is 19.9 Å². The molecule has 0 saturated carbocycles. The minimum Gasteiger partial charge on any atom is -0.494 e. The molecule has 0 aliphatic rings. The number of ether oxygens (including phenoxy) is 1. The molecule has 26 heavy (non-hydrogen) atoms. The van der Waals surface area contributed by atoms with Gasteiger partial charge in [-0.25, -0.2) is 0 Å². The first-order valence-electron chi connectivity index (χ1n) is 8.01. The van der Waals surface area contributed by atoms with E-state index in [9.17, 15) is 0 Å². The van der Waals surface area contributed by atoms with Gasteiger partial charge in [0, 0.05) is 11.3 Å². The van der Waals surface area contributed by atoms with Gasteiger partial charge in [-0.15, -0.1) is 0 Å². The zero-order valence-electron chi connectivity index (χ0n) is 14.0. The van der Waals surface area contributed by atoms with E-state index in [1.807, 2.05) is 49.4 Å². The van der Waals surface area contributed by atoms with Crippen LogP contribution in [0.2, 0.25) is 5.02 Å². The van der Waals surface area contributed by atoms with Gasteiger partial charge in [0.15, 0.2) is 5.11 Å². The second-order valence-electron chi connectivity index (χ2n) is 5.26. The molecule has 134 valence electrons. The predicted octanol–water partition coefficient (Wildman–Crippen LogP) is 4.28. The number of hydrogen-bond acceptors (Lipinski definition) is 5. The Balaban J connectivity index is 1.54. The fourth-order valence-electron chi connectivity index (χ4n) is 2.21. The summed E-state index contributed by atoms with van der Waals surface area (Å²) in [5, 5.41) is 11.1. The average molecular weight is 389 g/mol. The highest BCUT2D eigenvalue weighted by molar-refractivity contribution is 7.80. The lowest BCUT2D eigenvalue weighted by Crippen LogP contribution is -2.27. The molecule has 3 rings (SSSR count). The summed E-state index contributed by atoms with van der Waals surface area (Å²) in [6, 6.07) is 14.9. The average Bonchev–Trinajstić information content (AvgIpc) is 3.11. The monoisotopic (exact) mass is 388 g/mol. The lowest BCUT2D eigenvalue weighted by molar-refractivity contribution is 0.340. The van der Waals surface area contributed by atoms with Gasteiger partial charge >= 0.3 is 0 Å². The van der Waals surface area contributed by atoms with Gasteiger partial charge in [-0.2, -0.15) is 4.98 Å². The number of hydrogen-bond donors (Lipinski definition) is 2. The molecule has 0 radical (unpaired) electrons. The van der Waals surface area contributed by atoms with E-state index < -0.39 is 0 Å². The predicted molar refractivity (Wildman–Crippen MR) is 105 cm³/mol. The molecule has 8 heteroatoms. The molecule has 6 nitrogen and oxygen atoms in total. The third-order valence-electron chi connectivity index (χ3n) is 3.41. The van der Waals surface area contributed by atoms with Gasteiger partial charge in [-0.05, 0) is 55.5 Å². The standard InChI is InChI=1S/C18H17ClN4O2S/c1-2-24-13-9-7-12(8-10-13)21-18(26)20-11-16-22-17(23-25-16)14-5-3-4-6-15(14)19/h3-10H,2,11H2,1H3,(H2,20,21,26). The fourth-order valence-corrected chi connectivity index (χ4v) is 2.62. The van der Waals surface area contributed by atoms with Gasteiger partial charge in [0.2, 0.25) is 11.7 Å². The highest BCUT2D eigenvalue weighted by atomic mass is 35.5. The topological polar surface area (TPSA) is 72.2 Å². The lowest BCUT2D eigenvalue weighted by Gasteiger charge is -2.09. The minimum absolute atomic E-state index is 0.306. The Morgan fingerprint density at radius 3 is 2.69 bits per heavy atom. The molecule has 0 spiro atoms. The van der Waals surface area contributed by atoms with E-state index in [4.69, 9.17) is 33.1 Å². The van der Waals surface area contributed by atoms with Gasteiger partial charge in [0.05, 0.1) is 18.2 Å². The van der Waals surface area contributed by atoms with Crippen molar-refractivity contribution in [1.29, 1.82) is 0 Å². The van der Waals surface area contributed by atoms with Crippen molar-refractivity contribution < 1.29 is 9.26 Å². The van der Waals surface area contributed by atoms with Crippen LogP contribution in [0.15, 0.2) is 53.1 Å². The van der Waals surface area contributed by atoms with E-state index in [1.165, 1.54) is 0 Å². The Bertz CT molecular complexity index is 883. The third kappa shape index (κ3) is 4.71. The van der Waals surface area contributed by atoms with Crippen LogP contribution in [0.4, 0.5) is 5.69 Å². The molecule has 1 aromatic heterocycles. The number of rotatable bonds is 6. The number of nitrogens with one attached hydrogen (secondary N) is 2. The van der Waals surface area contributed by atoms with Crippen LogP contribution >= 0.6 is 23.8 Å². The zero-order chi connectivity index (χ0) is 18.4. The summed E-state index contributed by atoms with van der Waals surface area (Å²) < 4.78 is 10.6. The molecule has 0 fully saturated rings. The molecule has 0 aliphatic carbocycles. The molecule has 0 unspecified atom stereocenters. The number of halogens is 1. The first-order chi connectivity index (χ1) is 12.7. The lowest BCUT2D eigenvalue weighted by atomic mass is 10.2. The SMILES string of the molecule is CCOc1ccc(NC(=S)NCc2nc(-c3ccccc3Cl)no2)cc1. The van der Waals surface area contributed by atoms with Gasteiger partial charge in [0.1, 0.15) is 5.75 Å². The summed E-state index contributed by atoms with van der Waals surface area (Å²) in [6.07, 6.45) is 0. The van der Waals surface area contributed by atoms with Crippen LogP contribution in [-0.2, 0) is 6.54 Å². The smallest absolute Gasteiger partial charge is 0.246 e. The summed E-state index contributed by atoms with van der Waals surface area (Å²) in [7, 11) is 0. The summed E-state index contributed by atoms with van der Waals surface area (Å²) in [5.41, 5.74) is 1.58. The zero-order valence-corrected chi connectivity index (χ0v) is 15.6. The third-order valence-corrected chi connectivity index (χ3v) is 3.98. The van der Waals surface area contributed by atoms with E-state index in [1.54, 1.807) is 6.07 Å². The van der Waals surface area contributed by atoms with E-state index in [0.717, 1.165) is 17.0 Å². The molecule has 1 heterocycles. The van der Waals surface area contributed by atoms with Crippen LogP contribution in [0.25, 0.3) is 11.4 Å². The van der Waals surface area contributed by atoms with E-state index in [0.29, 0.717) is 35.0 Å². The van der Waals surface area contributed by atoms with Crippen LogP contribution in [0.1, 0.15) is 12.8 Å². The summed E-state index contributed by atoms with van der Waals surface area (Å²) in [6.45, 7) is 2.88. The largest absolute Gasteiger partial charge is 0.494 e. The molecule has 2 N–H and O–H groups in total. The Morgan fingerprint density at radius 1 is 1.19 bits per heavy atom. The van der Waals surface area contributed by atoms with Crippen molar-refractivity contribution in [3.63, 3.8) is 0 Å². The van der Waals surface area contributed by atoms with E-state index in [-0.39, 0.29) is 0 Å². The molecular weight excluding hydrogens is 372 g/mol. The maximum atomic E-state index is 6.14. The fraction of sp³-hybridized carbons (Fsp3) is 0.167. The quantitative estimate of drug-likeness (QED) is 0.610. The highest BCUT2D eigenvalue weighted by Crippen LogP contribution is 2.24. The molecule has 0 amide bonds. The molecule has 0 aliphatic heterocycles. The number of thiocarbonyl (C=S) groups is 1. The van der Waals surface area contributed by atoms with Gasteiger partial charge in [0.25, 0.3) is 0 Å². The Kier molecular flexibility index (Phi) is 6.04. The van der Waals surface area contributed by atoms with Crippen molar-refractivity contribution in [2.24, 2.45) is 0 Å². The van der Waals surface area contributed by atoms with Crippen molar-refractivity contribution in [3.8, 4) is 17.1 Å². The van der Waals surface area contributed by atoms with Crippen molar-refractivity contribution in [2.45, 2.75) is 13.5 Å². The molecule has 0 bridgehead atoms. The van der Waals surface area contributed by atoms with Crippen molar-refractivity contribution in [2.75, 3.05) is 11.9 Å². The number of aromatic nitrogens is 2. The minimum atomic E-state index is 0.306. The molecule has 2 aromatic carbocycles. The van der Waals surface area contributed by atoms with Crippen LogP contribution in [0.5, 0.6) is 5.75 Å². The van der Waals surface area contributed by atoms with E-state index in [2.05, 4.69) is 20.8 Å². The maximum absolute atomic E-state index is 6.14. The Hall–Kier alpha value is -2.64. The first-order valence-corrected chi connectivity index (χ1v) is 8.79. The number of benzene rings is 2. The molecule has 3 aromatic rings. The van der Waals surface area contributed by atoms with E-state index >= 15 is 0 Å². The van der Waals surface area contributed by atoms with Crippen molar-refractivity contribution in [1.82, 2.24) is 15.5 Å². The highest BCUT2D eigenvalue weighted by Gasteiger charge is 2.11. The summed E-state index contributed by atoms with van der Waals surface area (Å²) >= 11 is 11.4. The second-order valence-corrected chi connectivity index (χ2v) is 6.07. The van der Waals surface area contributed by atoms with Gasteiger partial charge in [-0.1, -0.05) is 28.9 Å². The summed E-state index contributed by atoms with van der Waals surface area (Å²) in [4.78, 5) is 4.32. The first kappa shape index (κ1) is 18.2. The molecular formula is C18H17ClN4O2S. The number of nitrogens with zero attached hydrogens (tertiary/aromatic N) is 2. The Morgan fingerprint density at radius 2 is 1.96 bits per heavy atom. The normalized spacial score (nSPS) is 10.4. The van der Waals surface area contributed by atoms with Crippen molar-refractivity contribution in [3.05, 3.63) is 59.4 Å². The van der Waals surface area contributed by atoms with Crippen LogP contribution in [0, 0.1) is 0 Å². The Labute approximate surface area is 161 Å². The molecule has 0 saturated heterocycles. The number of anilines is 1. The van der Waals surface area contributed by atoms with Crippen LogP contribution in [0.3, 0.4) is 0 Å². The van der Waals surface area contributed by atoms with Gasteiger partial charge in [-0.3, -0.25) is 0 Å². The van der Waals surface area contributed by atoms with Crippen LogP contribution in [-0.4, -0.2) is 21.9 Å². The maximum Gasteiger partial charge on any atom is 0.246 e. The molecule has 0 atom stereocenters. The summed E-state index contributed by atoms with van der Waals surface area (Å²) in [5.74, 6) is 1.67. The van der Waals surface area contributed by atoms with Crippen LogP contribution < -0.4 is 15.4 Å². The second kappa shape index (κ2) is 8.64.